The minimum absolute atomic E-state index is 0.377. The lowest BCUT2D eigenvalue weighted by molar-refractivity contribution is 0.100. The zero-order chi connectivity index (χ0) is 14.7. The number of piperidine rings is 1. The molecule has 0 unspecified atom stereocenters. The first kappa shape index (κ1) is 13.8. The van der Waals surface area contributed by atoms with Crippen molar-refractivity contribution in [1.82, 2.24) is 14.9 Å². The molecule has 1 fully saturated rings. The molecule has 5 nitrogen and oxygen atoms in total. The number of hydrogen-bond donors (Lipinski definition) is 2. The Morgan fingerprint density at radius 1 is 1.38 bits per heavy atom. The number of primary amides is 1. The Morgan fingerprint density at radius 2 is 2.19 bits per heavy atom. The van der Waals surface area contributed by atoms with Gasteiger partial charge in [0.25, 0.3) is 0 Å². The standard InChI is InChI=1S/C16H20N4O/c17-15(21)13-5-3-12(4-6-13)10-20-9-1-2-14(11-20)16-18-7-8-19-16/h3-8,14H,1-2,9-11H2,(H2,17,21)(H,18,19)/t14-/m0/s1. The molecule has 1 saturated heterocycles. The van der Waals surface area contributed by atoms with Crippen LogP contribution in [0.15, 0.2) is 36.7 Å². The average Bonchev–Trinajstić information content (AvgIpc) is 3.02. The van der Waals surface area contributed by atoms with Crippen LogP contribution >= 0.6 is 0 Å². The smallest absolute Gasteiger partial charge is 0.248 e. The number of nitrogens with zero attached hydrogens (tertiary/aromatic N) is 2. The number of benzene rings is 1. The molecule has 2 aromatic rings. The van der Waals surface area contributed by atoms with Crippen molar-refractivity contribution in [1.29, 1.82) is 0 Å². The summed E-state index contributed by atoms with van der Waals surface area (Å²) in [5, 5.41) is 0. The number of amides is 1. The fourth-order valence-corrected chi connectivity index (χ4v) is 2.96. The monoisotopic (exact) mass is 284 g/mol. The number of aromatic nitrogens is 2. The summed E-state index contributed by atoms with van der Waals surface area (Å²) in [6.45, 7) is 3.02. The van der Waals surface area contributed by atoms with E-state index in [0.717, 1.165) is 25.5 Å². The molecule has 1 atom stereocenters. The highest BCUT2D eigenvalue weighted by Crippen LogP contribution is 2.25. The third kappa shape index (κ3) is 3.31. The molecule has 0 aliphatic carbocycles. The van der Waals surface area contributed by atoms with E-state index in [1.807, 2.05) is 24.5 Å². The number of rotatable bonds is 4. The summed E-state index contributed by atoms with van der Waals surface area (Å²) >= 11 is 0. The van der Waals surface area contributed by atoms with E-state index in [2.05, 4.69) is 14.9 Å². The van der Waals surface area contributed by atoms with Crippen LogP contribution in [0.5, 0.6) is 0 Å². The van der Waals surface area contributed by atoms with Gasteiger partial charge in [-0.15, -0.1) is 0 Å². The van der Waals surface area contributed by atoms with E-state index in [4.69, 9.17) is 5.73 Å². The second kappa shape index (κ2) is 6.10. The number of nitrogens with two attached hydrogens (primary N) is 1. The van der Waals surface area contributed by atoms with Crippen LogP contribution in [0.1, 0.15) is 40.5 Å². The van der Waals surface area contributed by atoms with Crippen molar-refractivity contribution in [2.75, 3.05) is 13.1 Å². The molecule has 0 radical (unpaired) electrons. The predicted octanol–water partition coefficient (Wildman–Crippen LogP) is 1.89. The third-order valence-corrected chi connectivity index (χ3v) is 4.06. The second-order valence-electron chi connectivity index (χ2n) is 5.61. The molecule has 0 saturated carbocycles. The molecule has 5 heteroatoms. The molecule has 110 valence electrons. The zero-order valence-corrected chi connectivity index (χ0v) is 12.0. The van der Waals surface area contributed by atoms with Crippen LogP contribution in [0.3, 0.4) is 0 Å². The molecule has 1 aromatic carbocycles. The van der Waals surface area contributed by atoms with Gasteiger partial charge in [0.1, 0.15) is 5.82 Å². The van der Waals surface area contributed by atoms with Crippen molar-refractivity contribution in [2.24, 2.45) is 5.73 Å². The Labute approximate surface area is 124 Å². The van der Waals surface area contributed by atoms with Crippen molar-refractivity contribution < 1.29 is 4.79 Å². The van der Waals surface area contributed by atoms with Gasteiger partial charge < -0.3 is 10.7 Å². The Balaban J connectivity index is 1.63. The quantitative estimate of drug-likeness (QED) is 0.900. The van der Waals surface area contributed by atoms with E-state index in [9.17, 15) is 4.79 Å². The van der Waals surface area contributed by atoms with E-state index in [1.54, 1.807) is 12.1 Å². The van der Waals surface area contributed by atoms with Crippen molar-refractivity contribution in [2.45, 2.75) is 25.3 Å². The Hall–Kier alpha value is -2.14. The summed E-state index contributed by atoms with van der Waals surface area (Å²) in [6.07, 6.45) is 6.07. The molecule has 1 aromatic heterocycles. The van der Waals surface area contributed by atoms with Crippen molar-refractivity contribution >= 4 is 5.91 Å². The predicted molar refractivity (Wildman–Crippen MR) is 80.8 cm³/mol. The molecule has 0 bridgehead atoms. The number of aromatic amines is 1. The molecule has 21 heavy (non-hydrogen) atoms. The van der Waals surface area contributed by atoms with Gasteiger partial charge in [-0.3, -0.25) is 9.69 Å². The molecule has 3 rings (SSSR count). The number of imidazole rings is 1. The number of carbonyl (C=O) groups is 1. The second-order valence-corrected chi connectivity index (χ2v) is 5.61. The maximum atomic E-state index is 11.1. The normalized spacial score (nSPS) is 19.5. The molecular formula is C16H20N4O. The number of hydrogen-bond acceptors (Lipinski definition) is 3. The maximum absolute atomic E-state index is 11.1. The third-order valence-electron chi connectivity index (χ3n) is 4.06. The number of carbonyl (C=O) groups excluding carboxylic acids is 1. The lowest BCUT2D eigenvalue weighted by atomic mass is 9.97. The highest BCUT2D eigenvalue weighted by Gasteiger charge is 2.22. The van der Waals surface area contributed by atoms with E-state index < -0.39 is 0 Å². The largest absolute Gasteiger partial charge is 0.366 e. The lowest BCUT2D eigenvalue weighted by Gasteiger charge is -2.31. The van der Waals surface area contributed by atoms with Gasteiger partial charge in [-0.05, 0) is 37.1 Å². The average molecular weight is 284 g/mol. The van der Waals surface area contributed by atoms with Crippen molar-refractivity contribution in [3.05, 3.63) is 53.6 Å². The van der Waals surface area contributed by atoms with Gasteiger partial charge in [0.2, 0.25) is 5.91 Å². The summed E-state index contributed by atoms with van der Waals surface area (Å²) in [5.41, 5.74) is 7.03. The van der Waals surface area contributed by atoms with E-state index >= 15 is 0 Å². The van der Waals surface area contributed by atoms with Crippen molar-refractivity contribution in [3.8, 4) is 0 Å². The van der Waals surface area contributed by atoms with Crippen LogP contribution < -0.4 is 5.73 Å². The van der Waals surface area contributed by atoms with E-state index in [0.29, 0.717) is 11.5 Å². The van der Waals surface area contributed by atoms with Crippen molar-refractivity contribution in [3.63, 3.8) is 0 Å². The molecule has 3 N–H and O–H groups in total. The van der Waals surface area contributed by atoms with Crippen LogP contribution in [0.25, 0.3) is 0 Å². The lowest BCUT2D eigenvalue weighted by Crippen LogP contribution is -2.34. The fourth-order valence-electron chi connectivity index (χ4n) is 2.96. The number of H-pyrrole nitrogens is 1. The van der Waals surface area contributed by atoms with E-state index in [1.165, 1.54) is 18.4 Å². The van der Waals surface area contributed by atoms with E-state index in [-0.39, 0.29) is 5.91 Å². The summed E-state index contributed by atoms with van der Waals surface area (Å²) in [4.78, 5) is 21.1. The fraction of sp³-hybridized carbons (Fsp3) is 0.375. The Morgan fingerprint density at radius 3 is 2.86 bits per heavy atom. The summed E-state index contributed by atoms with van der Waals surface area (Å²) < 4.78 is 0. The Bertz CT molecular complexity index is 591. The Kier molecular flexibility index (Phi) is 4.01. The van der Waals surface area contributed by atoms with Crippen LogP contribution in [0.4, 0.5) is 0 Å². The van der Waals surface area contributed by atoms with Gasteiger partial charge in [-0.1, -0.05) is 12.1 Å². The summed E-state index contributed by atoms with van der Waals surface area (Å²) in [5.74, 6) is 1.19. The first-order valence-corrected chi connectivity index (χ1v) is 7.33. The molecular weight excluding hydrogens is 264 g/mol. The van der Waals surface area contributed by atoms with Gasteiger partial charge in [0.05, 0.1) is 0 Å². The summed E-state index contributed by atoms with van der Waals surface area (Å²) in [7, 11) is 0. The molecule has 1 amide bonds. The first-order chi connectivity index (χ1) is 10.2. The van der Waals surface area contributed by atoms with Crippen LogP contribution in [-0.4, -0.2) is 33.9 Å². The van der Waals surface area contributed by atoms with Gasteiger partial charge in [-0.25, -0.2) is 4.98 Å². The van der Waals surface area contributed by atoms with Crippen LogP contribution in [0.2, 0.25) is 0 Å². The molecule has 2 heterocycles. The SMILES string of the molecule is NC(=O)c1ccc(CN2CCC[C@H](c3ncc[nH]3)C2)cc1. The van der Waals surface area contributed by atoms with Crippen LogP contribution in [0, 0.1) is 0 Å². The molecule has 1 aliphatic rings. The minimum Gasteiger partial charge on any atom is -0.366 e. The zero-order valence-electron chi connectivity index (χ0n) is 12.0. The van der Waals surface area contributed by atoms with Crippen LogP contribution in [-0.2, 0) is 6.54 Å². The minimum atomic E-state index is -0.377. The highest BCUT2D eigenvalue weighted by molar-refractivity contribution is 5.92. The first-order valence-electron chi connectivity index (χ1n) is 7.33. The van der Waals surface area contributed by atoms with Gasteiger partial charge in [0, 0.05) is 37.0 Å². The van der Waals surface area contributed by atoms with Gasteiger partial charge in [0.15, 0.2) is 0 Å². The molecule has 0 spiro atoms. The van der Waals surface area contributed by atoms with Gasteiger partial charge in [-0.2, -0.15) is 0 Å². The van der Waals surface area contributed by atoms with Gasteiger partial charge >= 0.3 is 0 Å². The molecule has 1 aliphatic heterocycles. The highest BCUT2D eigenvalue weighted by atomic mass is 16.1. The maximum Gasteiger partial charge on any atom is 0.248 e. The summed E-state index contributed by atoms with van der Waals surface area (Å²) in [6, 6.07) is 7.56. The topological polar surface area (TPSA) is 75.0 Å². The number of likely N-dealkylation sites (tertiary alicyclic amines) is 1. The number of nitrogens with one attached hydrogen (secondary N) is 1.